The van der Waals surface area contributed by atoms with Crippen LogP contribution in [-0.2, 0) is 15.7 Å². The number of ether oxygens (including phenoxy) is 2. The molecule has 0 aliphatic heterocycles. The molecule has 0 N–H and O–H groups in total. The maximum absolute atomic E-state index is 12.4. The molecule has 1 aromatic rings. The number of halogens is 3. The fourth-order valence-corrected chi connectivity index (χ4v) is 1.55. The fraction of sp³-hybridized carbons (Fsp3) is 0.400. The first-order valence-electron chi connectivity index (χ1n) is 6.49. The third kappa shape index (κ3) is 6.33. The first-order chi connectivity index (χ1) is 9.82. The lowest BCUT2D eigenvalue weighted by Crippen LogP contribution is -2.09. The van der Waals surface area contributed by atoms with Crippen LogP contribution in [0.2, 0.25) is 0 Å². The Balaban J connectivity index is 2.49. The summed E-state index contributed by atoms with van der Waals surface area (Å²) in [6.07, 6.45) is -1.34. The van der Waals surface area contributed by atoms with Gasteiger partial charge < -0.3 is 9.47 Å². The predicted molar refractivity (Wildman–Crippen MR) is 71.9 cm³/mol. The van der Waals surface area contributed by atoms with E-state index in [0.717, 1.165) is 12.1 Å². The van der Waals surface area contributed by atoms with Crippen molar-refractivity contribution in [3.63, 3.8) is 0 Å². The molecule has 1 aromatic carbocycles. The Kier molecular flexibility index (Phi) is 6.27. The topological polar surface area (TPSA) is 35.5 Å². The van der Waals surface area contributed by atoms with Crippen molar-refractivity contribution in [2.75, 3.05) is 6.61 Å². The average Bonchev–Trinajstić information content (AvgIpc) is 2.38. The minimum atomic E-state index is -4.36. The van der Waals surface area contributed by atoms with E-state index in [1.807, 2.05) is 0 Å². The van der Waals surface area contributed by atoms with Crippen LogP contribution in [0.1, 0.15) is 25.8 Å². The molecule has 0 fully saturated rings. The van der Waals surface area contributed by atoms with Gasteiger partial charge in [-0.3, -0.25) is 4.79 Å². The number of benzene rings is 1. The minimum absolute atomic E-state index is 0.133. The van der Waals surface area contributed by atoms with Crippen molar-refractivity contribution in [2.24, 2.45) is 0 Å². The summed E-state index contributed by atoms with van der Waals surface area (Å²) in [6, 6.07) is 4.45. The van der Waals surface area contributed by atoms with Gasteiger partial charge in [0.1, 0.15) is 11.9 Å². The van der Waals surface area contributed by atoms with Crippen LogP contribution in [-0.4, -0.2) is 18.7 Å². The molecule has 1 unspecified atom stereocenters. The third-order valence-electron chi connectivity index (χ3n) is 2.50. The minimum Gasteiger partial charge on any atom is -0.487 e. The fourth-order valence-electron chi connectivity index (χ4n) is 1.55. The van der Waals surface area contributed by atoms with Crippen molar-refractivity contribution in [3.8, 4) is 5.75 Å². The van der Waals surface area contributed by atoms with E-state index in [-0.39, 0.29) is 18.5 Å². The quantitative estimate of drug-likeness (QED) is 0.589. The Bertz CT molecular complexity index is 478. The molecule has 0 radical (unpaired) electrons. The summed E-state index contributed by atoms with van der Waals surface area (Å²) in [7, 11) is 0. The Morgan fingerprint density at radius 1 is 1.29 bits per heavy atom. The van der Waals surface area contributed by atoms with Crippen molar-refractivity contribution < 1.29 is 27.4 Å². The summed E-state index contributed by atoms with van der Waals surface area (Å²) in [6.45, 7) is 3.77. The van der Waals surface area contributed by atoms with Gasteiger partial charge in [-0.2, -0.15) is 13.2 Å². The van der Waals surface area contributed by atoms with E-state index in [2.05, 4.69) is 0 Å². The van der Waals surface area contributed by atoms with Crippen LogP contribution in [0.5, 0.6) is 5.75 Å². The predicted octanol–water partition coefficient (Wildman–Crippen LogP) is 3.98. The van der Waals surface area contributed by atoms with Crippen LogP contribution in [0.3, 0.4) is 0 Å². The Morgan fingerprint density at radius 3 is 2.43 bits per heavy atom. The van der Waals surface area contributed by atoms with E-state index in [1.165, 1.54) is 12.1 Å². The molecule has 1 rings (SSSR count). The van der Waals surface area contributed by atoms with Crippen molar-refractivity contribution in [2.45, 2.75) is 32.5 Å². The third-order valence-corrected chi connectivity index (χ3v) is 2.50. The molecule has 116 valence electrons. The summed E-state index contributed by atoms with van der Waals surface area (Å²) in [5.41, 5.74) is -0.722. The highest BCUT2D eigenvalue weighted by Gasteiger charge is 2.30. The molecule has 0 bridgehead atoms. The molecule has 0 aliphatic carbocycles. The Hall–Kier alpha value is -1.98. The lowest BCUT2D eigenvalue weighted by Gasteiger charge is -2.12. The maximum Gasteiger partial charge on any atom is 0.416 e. The van der Waals surface area contributed by atoms with E-state index in [4.69, 9.17) is 9.47 Å². The van der Waals surface area contributed by atoms with E-state index < -0.39 is 11.7 Å². The van der Waals surface area contributed by atoms with Crippen LogP contribution < -0.4 is 4.74 Å². The number of hydrogen-bond acceptors (Lipinski definition) is 3. The monoisotopic (exact) mass is 302 g/mol. The molecule has 0 amide bonds. The maximum atomic E-state index is 12.4. The number of esters is 1. The number of hydrogen-bond donors (Lipinski definition) is 0. The highest BCUT2D eigenvalue weighted by Crippen LogP contribution is 2.30. The lowest BCUT2D eigenvalue weighted by atomic mass is 10.2. The second-order valence-corrected chi connectivity index (χ2v) is 4.28. The molecule has 0 spiro atoms. The highest BCUT2D eigenvalue weighted by molar-refractivity contribution is 5.71. The smallest absolute Gasteiger partial charge is 0.416 e. The first kappa shape index (κ1) is 17.1. The molecular formula is C15H17F3O3. The van der Waals surface area contributed by atoms with Gasteiger partial charge in [0.2, 0.25) is 0 Å². The first-order valence-corrected chi connectivity index (χ1v) is 6.49. The summed E-state index contributed by atoms with van der Waals surface area (Å²) in [5.74, 6) is -0.00763. The van der Waals surface area contributed by atoms with Gasteiger partial charge in [-0.05, 0) is 44.2 Å². The largest absolute Gasteiger partial charge is 0.487 e. The van der Waals surface area contributed by atoms with Crippen molar-refractivity contribution >= 4 is 5.97 Å². The second-order valence-electron chi connectivity index (χ2n) is 4.28. The van der Waals surface area contributed by atoms with Crippen LogP contribution >= 0.6 is 0 Å². The van der Waals surface area contributed by atoms with Gasteiger partial charge in [-0.25, -0.2) is 0 Å². The molecule has 0 aliphatic rings. The number of carbonyl (C=O) groups is 1. The van der Waals surface area contributed by atoms with Gasteiger partial charge in [0.05, 0.1) is 18.6 Å². The van der Waals surface area contributed by atoms with Gasteiger partial charge in [-0.15, -0.1) is 0 Å². The SMILES string of the molecule is CCOC(=O)C/C=C/C(C)Oc1ccc(C(F)(F)F)cc1. The van der Waals surface area contributed by atoms with Gasteiger partial charge in [0.15, 0.2) is 0 Å². The average molecular weight is 302 g/mol. The molecule has 21 heavy (non-hydrogen) atoms. The molecule has 0 aromatic heterocycles. The zero-order valence-corrected chi connectivity index (χ0v) is 11.8. The molecule has 0 saturated carbocycles. The number of alkyl halides is 3. The molecule has 0 saturated heterocycles. The van der Waals surface area contributed by atoms with E-state index in [0.29, 0.717) is 12.4 Å². The highest BCUT2D eigenvalue weighted by atomic mass is 19.4. The standard InChI is InChI=1S/C15H17F3O3/c1-3-20-14(19)6-4-5-11(2)21-13-9-7-12(8-10-13)15(16,17)18/h4-5,7-11H,3,6H2,1-2H3/b5-4+. The molecule has 0 heterocycles. The van der Waals surface area contributed by atoms with Gasteiger partial charge >= 0.3 is 12.1 Å². The van der Waals surface area contributed by atoms with Crippen molar-refractivity contribution in [3.05, 3.63) is 42.0 Å². The number of rotatable bonds is 6. The summed E-state index contributed by atoms with van der Waals surface area (Å²) in [4.78, 5) is 11.1. The number of carbonyl (C=O) groups excluding carboxylic acids is 1. The normalized spacial score (nSPS) is 13.2. The van der Waals surface area contributed by atoms with Crippen LogP contribution in [0.4, 0.5) is 13.2 Å². The lowest BCUT2D eigenvalue weighted by molar-refractivity contribution is -0.142. The molecule has 3 nitrogen and oxygen atoms in total. The summed E-state index contributed by atoms with van der Waals surface area (Å²) < 4.78 is 47.3. The Morgan fingerprint density at radius 2 is 1.90 bits per heavy atom. The van der Waals surface area contributed by atoms with E-state index in [9.17, 15) is 18.0 Å². The Labute approximate surface area is 121 Å². The van der Waals surface area contributed by atoms with Crippen LogP contribution in [0, 0.1) is 0 Å². The van der Waals surface area contributed by atoms with Gasteiger partial charge in [0, 0.05) is 0 Å². The molecular weight excluding hydrogens is 285 g/mol. The molecule has 6 heteroatoms. The summed E-state index contributed by atoms with van der Waals surface area (Å²) >= 11 is 0. The van der Waals surface area contributed by atoms with E-state index in [1.54, 1.807) is 26.0 Å². The van der Waals surface area contributed by atoms with Crippen LogP contribution in [0.15, 0.2) is 36.4 Å². The second kappa shape index (κ2) is 7.71. The zero-order valence-electron chi connectivity index (χ0n) is 11.8. The summed E-state index contributed by atoms with van der Waals surface area (Å²) in [5, 5.41) is 0. The van der Waals surface area contributed by atoms with E-state index >= 15 is 0 Å². The van der Waals surface area contributed by atoms with Crippen molar-refractivity contribution in [1.82, 2.24) is 0 Å². The van der Waals surface area contributed by atoms with Crippen LogP contribution in [0.25, 0.3) is 0 Å². The van der Waals surface area contributed by atoms with Gasteiger partial charge in [0.25, 0.3) is 0 Å². The van der Waals surface area contributed by atoms with Gasteiger partial charge in [-0.1, -0.05) is 6.08 Å². The zero-order chi connectivity index (χ0) is 15.9. The molecule has 1 atom stereocenters. The van der Waals surface area contributed by atoms with Crippen molar-refractivity contribution in [1.29, 1.82) is 0 Å².